The summed E-state index contributed by atoms with van der Waals surface area (Å²) in [5.74, 6) is 0.431. The zero-order valence-corrected chi connectivity index (χ0v) is 14.9. The highest BCUT2D eigenvalue weighted by molar-refractivity contribution is 9.10. The van der Waals surface area contributed by atoms with Crippen LogP contribution in [0.25, 0.3) is 0 Å². The van der Waals surface area contributed by atoms with Crippen LogP contribution in [0.5, 0.6) is 0 Å². The third-order valence-corrected chi connectivity index (χ3v) is 5.47. The Labute approximate surface area is 149 Å². The van der Waals surface area contributed by atoms with Crippen molar-refractivity contribution < 1.29 is 9.53 Å². The molecule has 0 unspecified atom stereocenters. The van der Waals surface area contributed by atoms with Gasteiger partial charge in [0.15, 0.2) is 0 Å². The molecular weight excluding hydrogens is 370 g/mol. The molecule has 2 fully saturated rings. The molecule has 2 aromatic rings. The largest absolute Gasteiger partial charge is 0.376 e. The third kappa shape index (κ3) is 3.39. The zero-order valence-electron chi connectivity index (χ0n) is 13.3. The molecule has 1 N–H and O–H groups in total. The van der Waals surface area contributed by atoms with Crippen molar-refractivity contribution in [1.82, 2.24) is 9.78 Å². The molecule has 1 aliphatic carbocycles. The number of hydrogen-bond acceptors (Lipinski definition) is 3. The Morgan fingerprint density at radius 3 is 3.08 bits per heavy atom. The van der Waals surface area contributed by atoms with E-state index in [1.165, 1.54) is 5.56 Å². The van der Waals surface area contributed by atoms with Gasteiger partial charge in [-0.3, -0.25) is 9.48 Å². The molecule has 0 spiro atoms. The minimum atomic E-state index is 0.0465. The maximum Gasteiger partial charge on any atom is 0.228 e. The van der Waals surface area contributed by atoms with E-state index in [0.29, 0.717) is 5.92 Å². The Morgan fingerprint density at radius 1 is 1.42 bits per heavy atom. The Hall–Kier alpha value is -1.66. The molecule has 1 aromatic carbocycles. The maximum atomic E-state index is 12.4. The van der Waals surface area contributed by atoms with Gasteiger partial charge in [-0.2, -0.15) is 5.10 Å². The number of amides is 1. The fraction of sp³-hybridized carbons (Fsp3) is 0.444. The van der Waals surface area contributed by atoms with E-state index in [9.17, 15) is 4.79 Å². The minimum absolute atomic E-state index is 0.0465. The summed E-state index contributed by atoms with van der Waals surface area (Å²) in [6.07, 6.45) is 6.94. The van der Waals surface area contributed by atoms with Crippen LogP contribution >= 0.6 is 15.9 Å². The number of rotatable bonds is 5. The minimum Gasteiger partial charge on any atom is -0.376 e. The summed E-state index contributed by atoms with van der Waals surface area (Å²) in [6, 6.07) is 8.12. The number of aromatic nitrogens is 2. The first kappa shape index (κ1) is 15.8. The highest BCUT2D eigenvalue weighted by Crippen LogP contribution is 2.50. The van der Waals surface area contributed by atoms with Crippen molar-refractivity contribution >= 4 is 27.5 Å². The second kappa shape index (κ2) is 6.69. The summed E-state index contributed by atoms with van der Waals surface area (Å²) in [4.78, 5) is 12.4. The van der Waals surface area contributed by atoms with Crippen LogP contribution in [-0.4, -0.2) is 28.4 Å². The molecule has 24 heavy (non-hydrogen) atoms. The predicted octanol–water partition coefficient (Wildman–Crippen LogP) is 3.57. The SMILES string of the molecule is O=C(Nc1cnn(C[C@@H]2CCCO2)c1)[C@@H]1C[C@@H]1c1ccccc1Br. The van der Waals surface area contributed by atoms with Gasteiger partial charge in [-0.15, -0.1) is 0 Å². The van der Waals surface area contributed by atoms with Crippen molar-refractivity contribution in [2.24, 2.45) is 5.92 Å². The molecule has 1 amide bonds. The van der Waals surface area contributed by atoms with Gasteiger partial charge in [0.25, 0.3) is 0 Å². The number of halogens is 1. The highest BCUT2D eigenvalue weighted by atomic mass is 79.9. The van der Waals surface area contributed by atoms with Gasteiger partial charge in [-0.1, -0.05) is 34.1 Å². The summed E-state index contributed by atoms with van der Waals surface area (Å²) in [7, 11) is 0. The summed E-state index contributed by atoms with van der Waals surface area (Å²) in [5, 5.41) is 7.31. The average Bonchev–Trinajstić information content (AvgIpc) is 2.97. The lowest BCUT2D eigenvalue weighted by molar-refractivity contribution is -0.117. The molecule has 5 nitrogen and oxygen atoms in total. The first-order valence-electron chi connectivity index (χ1n) is 8.40. The van der Waals surface area contributed by atoms with E-state index in [1.54, 1.807) is 6.20 Å². The molecule has 1 saturated carbocycles. The molecule has 1 saturated heterocycles. The van der Waals surface area contributed by atoms with Gasteiger partial charge in [0, 0.05) is 23.2 Å². The summed E-state index contributed by atoms with van der Waals surface area (Å²) >= 11 is 3.57. The lowest BCUT2D eigenvalue weighted by Gasteiger charge is -2.08. The van der Waals surface area contributed by atoms with E-state index < -0.39 is 0 Å². The van der Waals surface area contributed by atoms with Crippen molar-refractivity contribution in [1.29, 1.82) is 0 Å². The Balaban J connectivity index is 1.34. The normalized spacial score (nSPS) is 25.6. The summed E-state index contributed by atoms with van der Waals surface area (Å²) in [5.41, 5.74) is 1.97. The van der Waals surface area contributed by atoms with E-state index in [0.717, 1.165) is 42.6 Å². The molecule has 0 radical (unpaired) electrons. The van der Waals surface area contributed by atoms with Gasteiger partial charge in [-0.05, 0) is 36.8 Å². The second-order valence-electron chi connectivity index (χ2n) is 6.55. The van der Waals surface area contributed by atoms with Crippen LogP contribution in [-0.2, 0) is 16.1 Å². The first-order chi connectivity index (χ1) is 11.7. The smallest absolute Gasteiger partial charge is 0.228 e. The van der Waals surface area contributed by atoms with Crippen LogP contribution in [0, 0.1) is 5.92 Å². The summed E-state index contributed by atoms with van der Waals surface area (Å²) < 4.78 is 8.55. The van der Waals surface area contributed by atoms with Crippen LogP contribution in [0.1, 0.15) is 30.7 Å². The monoisotopic (exact) mass is 389 g/mol. The second-order valence-corrected chi connectivity index (χ2v) is 7.40. The van der Waals surface area contributed by atoms with Crippen LogP contribution in [0.15, 0.2) is 41.1 Å². The molecule has 126 valence electrons. The predicted molar refractivity (Wildman–Crippen MR) is 94.8 cm³/mol. The number of nitrogens with one attached hydrogen (secondary N) is 1. The highest BCUT2D eigenvalue weighted by Gasteiger charge is 2.44. The molecule has 6 heteroatoms. The van der Waals surface area contributed by atoms with Crippen molar-refractivity contribution in [2.75, 3.05) is 11.9 Å². The van der Waals surface area contributed by atoms with Crippen LogP contribution < -0.4 is 5.32 Å². The number of benzene rings is 1. The van der Waals surface area contributed by atoms with Gasteiger partial charge in [-0.25, -0.2) is 0 Å². The number of ether oxygens (including phenoxy) is 1. The van der Waals surface area contributed by atoms with Crippen molar-refractivity contribution in [3.05, 3.63) is 46.7 Å². The lowest BCUT2D eigenvalue weighted by atomic mass is 10.1. The first-order valence-corrected chi connectivity index (χ1v) is 9.19. The maximum absolute atomic E-state index is 12.4. The molecule has 1 aromatic heterocycles. The van der Waals surface area contributed by atoms with Crippen LogP contribution in [0.4, 0.5) is 5.69 Å². The molecule has 1 aliphatic heterocycles. The number of carbonyl (C=O) groups is 1. The lowest BCUT2D eigenvalue weighted by Crippen LogP contribution is -2.16. The Morgan fingerprint density at radius 2 is 2.29 bits per heavy atom. The van der Waals surface area contributed by atoms with Gasteiger partial charge < -0.3 is 10.1 Å². The van der Waals surface area contributed by atoms with Gasteiger partial charge >= 0.3 is 0 Å². The average molecular weight is 390 g/mol. The van der Waals surface area contributed by atoms with Crippen LogP contribution in [0.2, 0.25) is 0 Å². The summed E-state index contributed by atoms with van der Waals surface area (Å²) in [6.45, 7) is 1.59. The number of hydrogen-bond donors (Lipinski definition) is 1. The van der Waals surface area contributed by atoms with Crippen molar-refractivity contribution in [2.45, 2.75) is 37.8 Å². The molecule has 2 aliphatic rings. The van der Waals surface area contributed by atoms with E-state index in [1.807, 2.05) is 29.1 Å². The third-order valence-electron chi connectivity index (χ3n) is 4.75. The molecule has 0 bridgehead atoms. The standard InChI is InChI=1S/C18H20BrN3O2/c19-17-6-2-1-5-14(17)15-8-16(15)18(23)21-12-9-20-22(10-12)11-13-4-3-7-24-13/h1-2,5-6,9-10,13,15-16H,3-4,7-8,11H2,(H,21,23)/t13-,15+,16+/m0/s1. The van der Waals surface area contributed by atoms with Gasteiger partial charge in [0.1, 0.15) is 0 Å². The van der Waals surface area contributed by atoms with Gasteiger partial charge in [0.2, 0.25) is 5.91 Å². The zero-order chi connectivity index (χ0) is 16.5. The Bertz CT molecular complexity index is 739. The topological polar surface area (TPSA) is 56.2 Å². The molecule has 2 heterocycles. The molecular formula is C18H20BrN3O2. The fourth-order valence-corrected chi connectivity index (χ4v) is 3.94. The molecule has 4 rings (SSSR count). The van der Waals surface area contributed by atoms with Crippen molar-refractivity contribution in [3.8, 4) is 0 Å². The number of anilines is 1. The number of carbonyl (C=O) groups excluding carboxylic acids is 1. The molecule has 3 atom stereocenters. The Kier molecular flexibility index (Phi) is 4.41. The fourth-order valence-electron chi connectivity index (χ4n) is 3.36. The quantitative estimate of drug-likeness (QED) is 0.850. The van der Waals surface area contributed by atoms with Gasteiger partial charge in [0.05, 0.1) is 24.5 Å². The van der Waals surface area contributed by atoms with Crippen LogP contribution in [0.3, 0.4) is 0 Å². The van der Waals surface area contributed by atoms with E-state index >= 15 is 0 Å². The van der Waals surface area contributed by atoms with E-state index in [2.05, 4.69) is 32.4 Å². The van der Waals surface area contributed by atoms with E-state index in [-0.39, 0.29) is 17.9 Å². The van der Waals surface area contributed by atoms with E-state index in [4.69, 9.17) is 4.74 Å². The number of nitrogens with zero attached hydrogens (tertiary/aromatic N) is 2. The van der Waals surface area contributed by atoms with Crippen molar-refractivity contribution in [3.63, 3.8) is 0 Å².